The summed E-state index contributed by atoms with van der Waals surface area (Å²) in [5, 5.41) is 13.3. The summed E-state index contributed by atoms with van der Waals surface area (Å²) in [6, 6.07) is 18.4. The summed E-state index contributed by atoms with van der Waals surface area (Å²) in [5.74, 6) is 0. The second-order valence-corrected chi connectivity index (χ2v) is 4.58. The highest BCUT2D eigenvalue weighted by Gasteiger charge is 2.35. The molecule has 1 aliphatic rings. The second-order valence-electron chi connectivity index (χ2n) is 4.58. The minimum atomic E-state index is -0.658. The Labute approximate surface area is 101 Å². The molecule has 2 nitrogen and oxygen atoms in total. The fraction of sp³-hybridized carbons (Fsp3) is 0.200. The zero-order chi connectivity index (χ0) is 11.7. The Morgan fingerprint density at radius 1 is 0.824 bits per heavy atom. The van der Waals surface area contributed by atoms with Gasteiger partial charge in [0, 0.05) is 13.1 Å². The van der Waals surface area contributed by atoms with E-state index >= 15 is 0 Å². The maximum atomic E-state index is 10.2. The van der Waals surface area contributed by atoms with E-state index in [1.54, 1.807) is 0 Å². The van der Waals surface area contributed by atoms with Gasteiger partial charge in [0.15, 0.2) is 0 Å². The molecular formula is C15H15NO. The molecule has 2 N–H and O–H groups in total. The number of hydrogen-bond acceptors (Lipinski definition) is 2. The van der Waals surface area contributed by atoms with Crippen molar-refractivity contribution in [2.45, 2.75) is 5.60 Å². The molecule has 0 radical (unpaired) electrons. The van der Waals surface area contributed by atoms with E-state index in [2.05, 4.69) is 29.6 Å². The molecule has 1 aliphatic heterocycles. The molecule has 0 unspecified atom stereocenters. The van der Waals surface area contributed by atoms with Gasteiger partial charge < -0.3 is 10.4 Å². The third kappa shape index (κ3) is 1.86. The third-order valence-corrected chi connectivity index (χ3v) is 3.36. The van der Waals surface area contributed by atoms with E-state index in [4.69, 9.17) is 0 Å². The van der Waals surface area contributed by atoms with Crippen molar-refractivity contribution < 1.29 is 5.11 Å². The number of hydrogen-bond donors (Lipinski definition) is 2. The molecule has 0 amide bonds. The molecule has 1 fully saturated rings. The van der Waals surface area contributed by atoms with E-state index in [-0.39, 0.29) is 0 Å². The van der Waals surface area contributed by atoms with Crippen LogP contribution in [0.5, 0.6) is 0 Å². The van der Waals surface area contributed by atoms with Crippen molar-refractivity contribution in [2.24, 2.45) is 0 Å². The predicted molar refractivity (Wildman–Crippen MR) is 68.6 cm³/mol. The van der Waals surface area contributed by atoms with Gasteiger partial charge in [-0.2, -0.15) is 0 Å². The van der Waals surface area contributed by atoms with Crippen molar-refractivity contribution in [3.8, 4) is 11.1 Å². The SMILES string of the molecule is OC1(c2ccc(-c3ccccc3)cc2)CNC1. The molecule has 1 saturated heterocycles. The minimum absolute atomic E-state index is 0.650. The van der Waals surface area contributed by atoms with Crippen molar-refractivity contribution >= 4 is 0 Å². The lowest BCUT2D eigenvalue weighted by Crippen LogP contribution is -2.56. The first-order chi connectivity index (χ1) is 8.28. The maximum Gasteiger partial charge on any atom is 0.114 e. The molecule has 86 valence electrons. The molecule has 2 aromatic rings. The van der Waals surface area contributed by atoms with Crippen molar-refractivity contribution in [1.82, 2.24) is 5.32 Å². The monoisotopic (exact) mass is 225 g/mol. The van der Waals surface area contributed by atoms with E-state index in [9.17, 15) is 5.11 Å². The standard InChI is InChI=1S/C15H15NO/c17-15(10-16-11-15)14-8-6-13(7-9-14)12-4-2-1-3-5-12/h1-9,16-17H,10-11H2. The first-order valence-electron chi connectivity index (χ1n) is 5.87. The van der Waals surface area contributed by atoms with Crippen LogP contribution in [0.2, 0.25) is 0 Å². The van der Waals surface area contributed by atoms with E-state index in [0.29, 0.717) is 13.1 Å². The van der Waals surface area contributed by atoms with Gasteiger partial charge in [0.25, 0.3) is 0 Å². The maximum absolute atomic E-state index is 10.2. The lowest BCUT2D eigenvalue weighted by molar-refractivity contribution is -0.0146. The van der Waals surface area contributed by atoms with Gasteiger partial charge in [-0.3, -0.25) is 0 Å². The summed E-state index contributed by atoms with van der Waals surface area (Å²) >= 11 is 0. The van der Waals surface area contributed by atoms with Gasteiger partial charge in [-0.1, -0.05) is 54.6 Å². The fourth-order valence-electron chi connectivity index (χ4n) is 2.17. The fourth-order valence-corrected chi connectivity index (χ4v) is 2.17. The Bertz CT molecular complexity index is 500. The zero-order valence-electron chi connectivity index (χ0n) is 9.56. The molecule has 3 rings (SSSR count). The summed E-state index contributed by atoms with van der Waals surface area (Å²) in [7, 11) is 0. The topological polar surface area (TPSA) is 32.3 Å². The van der Waals surface area contributed by atoms with Crippen LogP contribution in [-0.4, -0.2) is 18.2 Å². The number of benzene rings is 2. The van der Waals surface area contributed by atoms with Gasteiger partial charge in [0.2, 0.25) is 0 Å². The Balaban J connectivity index is 1.90. The van der Waals surface area contributed by atoms with Crippen LogP contribution in [0.1, 0.15) is 5.56 Å². The molecule has 0 saturated carbocycles. The quantitative estimate of drug-likeness (QED) is 0.820. The molecule has 0 atom stereocenters. The van der Waals surface area contributed by atoms with E-state index in [1.807, 2.05) is 30.3 Å². The Hall–Kier alpha value is -1.64. The summed E-state index contributed by atoms with van der Waals surface area (Å²) in [4.78, 5) is 0. The van der Waals surface area contributed by atoms with Crippen LogP contribution in [-0.2, 0) is 5.60 Å². The Morgan fingerprint density at radius 3 is 1.94 bits per heavy atom. The highest BCUT2D eigenvalue weighted by atomic mass is 16.3. The van der Waals surface area contributed by atoms with Crippen LogP contribution in [0, 0.1) is 0 Å². The van der Waals surface area contributed by atoms with Gasteiger partial charge in [0.1, 0.15) is 5.60 Å². The molecule has 1 heterocycles. The van der Waals surface area contributed by atoms with Crippen molar-refractivity contribution in [1.29, 1.82) is 0 Å². The highest BCUT2D eigenvalue weighted by Crippen LogP contribution is 2.27. The van der Waals surface area contributed by atoms with E-state index in [0.717, 1.165) is 5.56 Å². The Morgan fingerprint density at radius 2 is 1.41 bits per heavy atom. The molecule has 2 aromatic carbocycles. The van der Waals surface area contributed by atoms with E-state index < -0.39 is 5.60 Å². The lowest BCUT2D eigenvalue weighted by Gasteiger charge is -2.38. The van der Waals surface area contributed by atoms with Crippen molar-refractivity contribution in [3.05, 3.63) is 60.2 Å². The molecule has 17 heavy (non-hydrogen) atoms. The molecule has 0 aliphatic carbocycles. The van der Waals surface area contributed by atoms with Crippen LogP contribution in [0.3, 0.4) is 0 Å². The van der Waals surface area contributed by atoms with Crippen LogP contribution >= 0.6 is 0 Å². The van der Waals surface area contributed by atoms with Crippen LogP contribution in [0.15, 0.2) is 54.6 Å². The minimum Gasteiger partial charge on any atom is -0.382 e. The predicted octanol–water partition coefficient (Wildman–Crippen LogP) is 2.14. The highest BCUT2D eigenvalue weighted by molar-refractivity contribution is 5.63. The molecule has 0 aromatic heterocycles. The van der Waals surface area contributed by atoms with Crippen LogP contribution in [0.4, 0.5) is 0 Å². The van der Waals surface area contributed by atoms with Gasteiger partial charge in [0.05, 0.1) is 0 Å². The first-order valence-corrected chi connectivity index (χ1v) is 5.87. The van der Waals surface area contributed by atoms with Crippen molar-refractivity contribution in [2.75, 3.05) is 13.1 Å². The van der Waals surface area contributed by atoms with Gasteiger partial charge >= 0.3 is 0 Å². The average Bonchev–Trinajstić information content (AvgIpc) is 2.37. The number of nitrogens with one attached hydrogen (secondary N) is 1. The Kier molecular flexibility index (Phi) is 2.46. The smallest absolute Gasteiger partial charge is 0.114 e. The van der Waals surface area contributed by atoms with Crippen LogP contribution < -0.4 is 5.32 Å². The lowest BCUT2D eigenvalue weighted by atomic mass is 9.87. The average molecular weight is 225 g/mol. The van der Waals surface area contributed by atoms with Gasteiger partial charge in [-0.25, -0.2) is 0 Å². The summed E-state index contributed by atoms with van der Waals surface area (Å²) in [6.45, 7) is 1.30. The van der Waals surface area contributed by atoms with Crippen LogP contribution in [0.25, 0.3) is 11.1 Å². The third-order valence-electron chi connectivity index (χ3n) is 3.36. The number of rotatable bonds is 2. The molecular weight excluding hydrogens is 210 g/mol. The normalized spacial score (nSPS) is 17.5. The zero-order valence-corrected chi connectivity index (χ0v) is 9.56. The summed E-state index contributed by atoms with van der Waals surface area (Å²) in [6.07, 6.45) is 0. The number of β-amino-alcohol motifs (C(OH)–C–C–N with tert-alkyl or cyclic N) is 1. The van der Waals surface area contributed by atoms with Gasteiger partial charge in [-0.15, -0.1) is 0 Å². The molecule has 0 spiro atoms. The molecule has 0 bridgehead atoms. The van der Waals surface area contributed by atoms with Crippen molar-refractivity contribution in [3.63, 3.8) is 0 Å². The second kappa shape index (κ2) is 3.99. The largest absolute Gasteiger partial charge is 0.382 e. The number of aliphatic hydroxyl groups is 1. The van der Waals surface area contributed by atoms with E-state index in [1.165, 1.54) is 11.1 Å². The van der Waals surface area contributed by atoms with Gasteiger partial charge in [-0.05, 0) is 16.7 Å². The summed E-state index contributed by atoms with van der Waals surface area (Å²) < 4.78 is 0. The summed E-state index contributed by atoms with van der Waals surface area (Å²) in [5.41, 5.74) is 2.73. The molecule has 2 heteroatoms. The first kappa shape index (κ1) is 10.5.